The summed E-state index contributed by atoms with van der Waals surface area (Å²) in [7, 11) is 0. The number of halogens is 2. The molecule has 0 spiro atoms. The molecule has 0 amide bonds. The molecule has 2 N–H and O–H groups in total. The van der Waals surface area contributed by atoms with E-state index in [2.05, 4.69) is 21.1 Å². The van der Waals surface area contributed by atoms with Crippen LogP contribution < -0.4 is 10.1 Å². The van der Waals surface area contributed by atoms with E-state index in [9.17, 15) is 8.78 Å². The van der Waals surface area contributed by atoms with Gasteiger partial charge in [-0.1, -0.05) is 0 Å². The van der Waals surface area contributed by atoms with E-state index in [1.165, 1.54) is 18.4 Å². The van der Waals surface area contributed by atoms with Gasteiger partial charge in [0, 0.05) is 23.6 Å². The fourth-order valence-corrected chi connectivity index (χ4v) is 3.20. The van der Waals surface area contributed by atoms with Crippen molar-refractivity contribution in [1.29, 1.82) is 0 Å². The maximum atomic E-state index is 11.9. The number of hydrogen-bond acceptors (Lipinski definition) is 3. The molecule has 1 aliphatic rings. The van der Waals surface area contributed by atoms with Crippen LogP contribution in [0.25, 0.3) is 10.9 Å². The number of alkyl halides is 2. The van der Waals surface area contributed by atoms with Gasteiger partial charge in [0.2, 0.25) is 0 Å². The summed E-state index contributed by atoms with van der Waals surface area (Å²) in [4.78, 5) is 3.27. The Labute approximate surface area is 140 Å². The third-order valence-corrected chi connectivity index (χ3v) is 4.44. The second-order valence-corrected chi connectivity index (χ2v) is 6.18. The summed E-state index contributed by atoms with van der Waals surface area (Å²) >= 11 is 0. The topological polar surface area (TPSA) is 46.3 Å². The Morgan fingerprint density at radius 2 is 2.04 bits per heavy atom. The van der Waals surface area contributed by atoms with E-state index < -0.39 is 6.61 Å². The van der Waals surface area contributed by atoms with Crippen LogP contribution in [0.2, 0.25) is 0 Å². The Kier molecular flexibility index (Phi) is 6.04. The highest BCUT2D eigenvalue weighted by Crippen LogP contribution is 2.28. The lowest BCUT2D eigenvalue weighted by Gasteiger charge is -2.13. The molecular weight excluding hydrogens is 314 g/mol. The summed E-state index contributed by atoms with van der Waals surface area (Å²) < 4.78 is 34.0. The monoisotopic (exact) mass is 338 g/mol. The molecule has 6 heteroatoms. The number of aromatic amines is 1. The van der Waals surface area contributed by atoms with Crippen LogP contribution in [-0.2, 0) is 11.2 Å². The molecule has 24 heavy (non-hydrogen) atoms. The average Bonchev–Trinajstić information content (AvgIpc) is 3.20. The quantitative estimate of drug-likeness (QED) is 0.683. The highest BCUT2D eigenvalue weighted by Gasteiger charge is 2.16. The average molecular weight is 338 g/mol. The van der Waals surface area contributed by atoms with Gasteiger partial charge in [-0.05, 0) is 62.4 Å². The van der Waals surface area contributed by atoms with Crippen LogP contribution in [0.1, 0.15) is 31.2 Å². The molecule has 1 saturated carbocycles. The molecule has 1 fully saturated rings. The molecule has 1 heterocycles. The zero-order valence-corrected chi connectivity index (χ0v) is 13.7. The van der Waals surface area contributed by atoms with Crippen molar-refractivity contribution in [3.63, 3.8) is 0 Å². The maximum Gasteiger partial charge on any atom is 0.345 e. The van der Waals surface area contributed by atoms with Gasteiger partial charge >= 0.3 is 6.61 Å². The van der Waals surface area contributed by atoms with Crippen molar-refractivity contribution in [2.24, 2.45) is 0 Å². The summed E-state index contributed by atoms with van der Waals surface area (Å²) in [5.74, 6) is 0.925. The molecule has 3 rings (SSSR count). The molecule has 4 nitrogen and oxygen atoms in total. The number of aromatic nitrogens is 1. The van der Waals surface area contributed by atoms with Crippen molar-refractivity contribution < 1.29 is 18.3 Å². The first-order valence-corrected chi connectivity index (χ1v) is 8.59. The van der Waals surface area contributed by atoms with Gasteiger partial charge in [0.25, 0.3) is 0 Å². The van der Waals surface area contributed by atoms with E-state index in [0.717, 1.165) is 35.9 Å². The van der Waals surface area contributed by atoms with Gasteiger partial charge in [0.1, 0.15) is 5.75 Å². The summed E-state index contributed by atoms with van der Waals surface area (Å²) in [6.07, 6.45) is 7.96. The summed E-state index contributed by atoms with van der Waals surface area (Å²) in [5, 5.41) is 4.28. The molecule has 132 valence electrons. The minimum absolute atomic E-state index is 0.0188. The zero-order valence-electron chi connectivity index (χ0n) is 13.7. The third-order valence-electron chi connectivity index (χ3n) is 4.44. The van der Waals surface area contributed by atoms with Crippen LogP contribution in [0.4, 0.5) is 8.78 Å². The Morgan fingerprint density at radius 1 is 1.21 bits per heavy atom. The Morgan fingerprint density at radius 3 is 2.83 bits per heavy atom. The number of rotatable bonds is 9. The highest BCUT2D eigenvalue weighted by molar-refractivity contribution is 5.84. The van der Waals surface area contributed by atoms with E-state index >= 15 is 0 Å². The SMILES string of the molecule is FC(F)OCCNCCc1c[nH]c2ccc(OC3CCCC3)cc12. The van der Waals surface area contributed by atoms with Crippen molar-refractivity contribution >= 4 is 10.9 Å². The van der Waals surface area contributed by atoms with E-state index in [4.69, 9.17) is 4.74 Å². The maximum absolute atomic E-state index is 11.9. The van der Waals surface area contributed by atoms with Gasteiger partial charge in [-0.3, -0.25) is 0 Å². The van der Waals surface area contributed by atoms with Crippen molar-refractivity contribution in [2.45, 2.75) is 44.8 Å². The molecular formula is C18H24F2N2O2. The zero-order chi connectivity index (χ0) is 16.8. The molecule has 1 aromatic carbocycles. The molecule has 0 aliphatic heterocycles. The fourth-order valence-electron chi connectivity index (χ4n) is 3.20. The van der Waals surface area contributed by atoms with Gasteiger partial charge in [0.15, 0.2) is 0 Å². The van der Waals surface area contributed by atoms with Crippen LogP contribution in [0.15, 0.2) is 24.4 Å². The van der Waals surface area contributed by atoms with Crippen molar-refractivity contribution in [3.8, 4) is 5.75 Å². The second-order valence-electron chi connectivity index (χ2n) is 6.18. The lowest BCUT2D eigenvalue weighted by atomic mass is 10.1. The van der Waals surface area contributed by atoms with E-state index in [0.29, 0.717) is 19.2 Å². The molecule has 0 atom stereocenters. The number of H-pyrrole nitrogens is 1. The van der Waals surface area contributed by atoms with Crippen LogP contribution in [0.3, 0.4) is 0 Å². The number of hydrogen-bond donors (Lipinski definition) is 2. The first-order chi connectivity index (χ1) is 11.7. The third kappa shape index (κ3) is 4.68. The molecule has 0 saturated heterocycles. The number of ether oxygens (including phenoxy) is 2. The number of fused-ring (bicyclic) bond motifs is 1. The van der Waals surface area contributed by atoms with Gasteiger partial charge in [-0.15, -0.1) is 0 Å². The molecule has 1 aliphatic carbocycles. The second kappa shape index (κ2) is 8.44. The van der Waals surface area contributed by atoms with Crippen molar-refractivity contribution in [1.82, 2.24) is 10.3 Å². The van der Waals surface area contributed by atoms with Crippen LogP contribution >= 0.6 is 0 Å². The van der Waals surface area contributed by atoms with Crippen molar-refractivity contribution in [2.75, 3.05) is 19.7 Å². The molecule has 0 bridgehead atoms. The predicted octanol–water partition coefficient (Wildman–Crippen LogP) is 3.86. The lowest BCUT2D eigenvalue weighted by Crippen LogP contribution is -2.23. The first kappa shape index (κ1) is 17.2. The normalized spacial score (nSPS) is 15.6. The van der Waals surface area contributed by atoms with Gasteiger partial charge < -0.3 is 19.8 Å². The smallest absolute Gasteiger partial charge is 0.345 e. The molecule has 0 radical (unpaired) electrons. The predicted molar refractivity (Wildman–Crippen MR) is 89.7 cm³/mol. The Balaban J connectivity index is 1.53. The summed E-state index contributed by atoms with van der Waals surface area (Å²) in [5.41, 5.74) is 2.29. The van der Waals surface area contributed by atoms with Gasteiger partial charge in [-0.25, -0.2) is 0 Å². The number of benzene rings is 1. The Bertz CT molecular complexity index is 639. The van der Waals surface area contributed by atoms with E-state index in [1.54, 1.807) is 0 Å². The van der Waals surface area contributed by atoms with Gasteiger partial charge in [-0.2, -0.15) is 8.78 Å². The number of nitrogens with one attached hydrogen (secondary N) is 2. The minimum Gasteiger partial charge on any atom is -0.490 e. The summed E-state index contributed by atoms with van der Waals surface area (Å²) in [6.45, 7) is -1.54. The standard InChI is InChI=1S/C18H24F2N2O2/c19-18(20)23-10-9-21-8-7-13-12-22-17-6-5-15(11-16(13)17)24-14-3-1-2-4-14/h5-6,11-12,14,18,21-22H,1-4,7-10H2. The van der Waals surface area contributed by atoms with Crippen molar-refractivity contribution in [3.05, 3.63) is 30.0 Å². The molecule has 0 unspecified atom stereocenters. The van der Waals surface area contributed by atoms with Gasteiger partial charge in [0.05, 0.1) is 12.7 Å². The molecule has 1 aromatic heterocycles. The van der Waals surface area contributed by atoms with Crippen LogP contribution in [0.5, 0.6) is 5.75 Å². The van der Waals surface area contributed by atoms with Crippen LogP contribution in [-0.4, -0.2) is 37.4 Å². The largest absolute Gasteiger partial charge is 0.490 e. The van der Waals surface area contributed by atoms with Crippen LogP contribution in [0, 0.1) is 0 Å². The van der Waals surface area contributed by atoms with E-state index in [-0.39, 0.29) is 6.61 Å². The first-order valence-electron chi connectivity index (χ1n) is 8.59. The summed E-state index contributed by atoms with van der Waals surface area (Å²) in [6, 6.07) is 6.16. The van der Waals surface area contributed by atoms with E-state index in [1.807, 2.05) is 18.3 Å². The molecule has 2 aromatic rings. The highest BCUT2D eigenvalue weighted by atomic mass is 19.3. The minimum atomic E-state index is -2.70. The fraction of sp³-hybridized carbons (Fsp3) is 0.556. The lowest BCUT2D eigenvalue weighted by molar-refractivity contribution is -0.127. The Hall–Kier alpha value is -1.66.